The van der Waals surface area contributed by atoms with Crippen molar-refractivity contribution in [1.82, 2.24) is 9.88 Å². The largest absolute Gasteiger partial charge is 0.465 e. The minimum atomic E-state index is -0.903. The second kappa shape index (κ2) is 4.47. The van der Waals surface area contributed by atoms with E-state index >= 15 is 0 Å². The van der Waals surface area contributed by atoms with E-state index in [4.69, 9.17) is 5.11 Å². The quantitative estimate of drug-likeness (QED) is 0.794. The van der Waals surface area contributed by atoms with Crippen LogP contribution in [0.1, 0.15) is 24.5 Å². The number of aromatic nitrogens is 1. The molecule has 5 heteroatoms. The van der Waals surface area contributed by atoms with Gasteiger partial charge in [-0.15, -0.1) is 0 Å². The highest BCUT2D eigenvalue weighted by Gasteiger charge is 2.25. The summed E-state index contributed by atoms with van der Waals surface area (Å²) >= 11 is 0. The first-order valence-corrected chi connectivity index (χ1v) is 5.27. The van der Waals surface area contributed by atoms with Crippen LogP contribution in [-0.2, 0) is 0 Å². The maximum atomic E-state index is 13.4. The summed E-state index contributed by atoms with van der Waals surface area (Å²) in [6.45, 7) is 0.909. The molecule has 1 aliphatic heterocycles. The minimum absolute atomic E-state index is 0.0387. The van der Waals surface area contributed by atoms with Gasteiger partial charge in [-0.05, 0) is 25.0 Å². The summed E-state index contributed by atoms with van der Waals surface area (Å²) in [4.78, 5) is 16.1. The van der Waals surface area contributed by atoms with Crippen LogP contribution in [0.15, 0.2) is 18.3 Å². The first kappa shape index (κ1) is 10.9. The molecule has 0 saturated carbocycles. The summed E-state index contributed by atoms with van der Waals surface area (Å²) < 4.78 is 13.4. The minimum Gasteiger partial charge on any atom is -0.465 e. The van der Waals surface area contributed by atoms with Crippen LogP contribution in [0.4, 0.5) is 9.18 Å². The zero-order chi connectivity index (χ0) is 11.5. The van der Waals surface area contributed by atoms with Gasteiger partial charge < -0.3 is 10.0 Å². The summed E-state index contributed by atoms with van der Waals surface area (Å²) in [5.74, 6) is -0.256. The van der Waals surface area contributed by atoms with E-state index in [0.29, 0.717) is 31.6 Å². The molecular weight excluding hydrogens is 211 g/mol. The maximum Gasteiger partial charge on any atom is 0.407 e. The van der Waals surface area contributed by atoms with Crippen molar-refractivity contribution in [3.8, 4) is 0 Å². The fourth-order valence-electron chi connectivity index (χ4n) is 2.04. The number of rotatable bonds is 1. The Bertz CT molecular complexity index is 389. The number of hydrogen-bond donors (Lipinski definition) is 1. The molecule has 1 aromatic rings. The summed E-state index contributed by atoms with van der Waals surface area (Å²) in [7, 11) is 0. The van der Waals surface area contributed by atoms with E-state index in [1.54, 1.807) is 12.3 Å². The Kier molecular flexibility index (Phi) is 3.03. The molecule has 1 saturated heterocycles. The van der Waals surface area contributed by atoms with Crippen LogP contribution in [0.3, 0.4) is 0 Å². The molecule has 1 aromatic heterocycles. The highest BCUT2D eigenvalue weighted by Crippen LogP contribution is 2.27. The van der Waals surface area contributed by atoms with E-state index in [2.05, 4.69) is 4.98 Å². The molecule has 0 aliphatic carbocycles. The third kappa shape index (κ3) is 2.13. The van der Waals surface area contributed by atoms with Gasteiger partial charge in [-0.1, -0.05) is 0 Å². The molecule has 0 bridgehead atoms. The van der Waals surface area contributed by atoms with Crippen LogP contribution in [-0.4, -0.2) is 34.2 Å². The van der Waals surface area contributed by atoms with Crippen molar-refractivity contribution < 1.29 is 14.3 Å². The van der Waals surface area contributed by atoms with Gasteiger partial charge in [-0.3, -0.25) is 4.98 Å². The van der Waals surface area contributed by atoms with Gasteiger partial charge in [-0.25, -0.2) is 9.18 Å². The third-order valence-electron chi connectivity index (χ3n) is 2.94. The molecule has 0 unspecified atom stereocenters. The topological polar surface area (TPSA) is 53.4 Å². The monoisotopic (exact) mass is 224 g/mol. The van der Waals surface area contributed by atoms with Gasteiger partial charge in [0.15, 0.2) is 0 Å². The van der Waals surface area contributed by atoms with E-state index in [0.717, 1.165) is 0 Å². The zero-order valence-corrected chi connectivity index (χ0v) is 8.77. The lowest BCUT2D eigenvalue weighted by atomic mass is 9.93. The highest BCUT2D eigenvalue weighted by atomic mass is 19.1. The predicted molar refractivity (Wildman–Crippen MR) is 55.8 cm³/mol. The van der Waals surface area contributed by atoms with Crippen molar-refractivity contribution >= 4 is 6.09 Å². The molecule has 2 heterocycles. The number of carboxylic acid groups (broad SMARTS) is 1. The number of piperidine rings is 1. The molecular formula is C11H13FN2O2. The van der Waals surface area contributed by atoms with E-state index in [9.17, 15) is 9.18 Å². The number of pyridine rings is 1. The Morgan fingerprint density at radius 2 is 2.19 bits per heavy atom. The molecule has 0 aromatic carbocycles. The molecule has 86 valence electrons. The lowest BCUT2D eigenvalue weighted by Gasteiger charge is -2.29. The molecule has 2 rings (SSSR count). The number of carbonyl (C=O) groups is 1. The lowest BCUT2D eigenvalue weighted by molar-refractivity contribution is 0.131. The Morgan fingerprint density at radius 1 is 1.50 bits per heavy atom. The fraction of sp³-hybridized carbons (Fsp3) is 0.455. The molecule has 1 amide bonds. The fourth-order valence-corrected chi connectivity index (χ4v) is 2.04. The zero-order valence-electron chi connectivity index (χ0n) is 8.77. The van der Waals surface area contributed by atoms with Crippen LogP contribution in [0.5, 0.6) is 0 Å². The Hall–Kier alpha value is -1.65. The molecule has 0 radical (unpaired) electrons. The average molecular weight is 224 g/mol. The second-order valence-electron chi connectivity index (χ2n) is 3.91. The number of amides is 1. The van der Waals surface area contributed by atoms with E-state index in [1.807, 2.05) is 0 Å². The summed E-state index contributed by atoms with van der Waals surface area (Å²) in [6, 6.07) is 2.96. The van der Waals surface area contributed by atoms with E-state index in [1.165, 1.54) is 11.0 Å². The lowest BCUT2D eigenvalue weighted by Crippen LogP contribution is -2.37. The summed E-state index contributed by atoms with van der Waals surface area (Å²) in [6.07, 6.45) is 1.95. The molecule has 0 spiro atoms. The second-order valence-corrected chi connectivity index (χ2v) is 3.91. The Labute approximate surface area is 92.7 Å². The number of hydrogen-bond acceptors (Lipinski definition) is 2. The van der Waals surface area contributed by atoms with Crippen LogP contribution >= 0.6 is 0 Å². The van der Waals surface area contributed by atoms with Gasteiger partial charge in [0.1, 0.15) is 5.82 Å². The number of likely N-dealkylation sites (tertiary alicyclic amines) is 1. The van der Waals surface area contributed by atoms with E-state index < -0.39 is 6.09 Å². The molecule has 16 heavy (non-hydrogen) atoms. The van der Waals surface area contributed by atoms with Gasteiger partial charge in [-0.2, -0.15) is 0 Å². The standard InChI is InChI=1S/C11H13FN2O2/c12-9-2-1-5-13-10(9)8-3-6-14(7-4-8)11(15)16/h1-2,5,8H,3-4,6-7H2,(H,15,16). The Balaban J connectivity index is 2.05. The van der Waals surface area contributed by atoms with Crippen LogP contribution in [0.2, 0.25) is 0 Å². The molecule has 1 fully saturated rings. The molecule has 4 nitrogen and oxygen atoms in total. The smallest absolute Gasteiger partial charge is 0.407 e. The van der Waals surface area contributed by atoms with Gasteiger partial charge >= 0.3 is 6.09 Å². The van der Waals surface area contributed by atoms with Crippen molar-refractivity contribution in [2.45, 2.75) is 18.8 Å². The highest BCUT2D eigenvalue weighted by molar-refractivity contribution is 5.65. The van der Waals surface area contributed by atoms with Crippen molar-refractivity contribution in [2.75, 3.05) is 13.1 Å². The normalized spacial score (nSPS) is 17.4. The summed E-state index contributed by atoms with van der Waals surface area (Å²) in [5, 5.41) is 8.79. The molecule has 1 N–H and O–H groups in total. The Morgan fingerprint density at radius 3 is 2.75 bits per heavy atom. The van der Waals surface area contributed by atoms with Crippen LogP contribution in [0.25, 0.3) is 0 Å². The van der Waals surface area contributed by atoms with Crippen molar-refractivity contribution in [3.05, 3.63) is 29.8 Å². The van der Waals surface area contributed by atoms with E-state index in [-0.39, 0.29) is 11.7 Å². The summed E-state index contributed by atoms with van der Waals surface area (Å²) in [5.41, 5.74) is 0.465. The van der Waals surface area contributed by atoms with Crippen molar-refractivity contribution in [1.29, 1.82) is 0 Å². The first-order valence-electron chi connectivity index (χ1n) is 5.27. The van der Waals surface area contributed by atoms with Crippen LogP contribution < -0.4 is 0 Å². The third-order valence-corrected chi connectivity index (χ3v) is 2.94. The predicted octanol–water partition coefficient (Wildman–Crippen LogP) is 2.08. The van der Waals surface area contributed by atoms with Gasteiger partial charge in [0, 0.05) is 25.2 Å². The van der Waals surface area contributed by atoms with Gasteiger partial charge in [0.05, 0.1) is 5.69 Å². The van der Waals surface area contributed by atoms with Crippen LogP contribution in [0, 0.1) is 5.82 Å². The van der Waals surface area contributed by atoms with Gasteiger partial charge in [0.2, 0.25) is 0 Å². The average Bonchev–Trinajstić information content (AvgIpc) is 2.30. The first-order chi connectivity index (χ1) is 7.68. The molecule has 1 aliphatic rings. The molecule has 0 atom stereocenters. The van der Waals surface area contributed by atoms with Gasteiger partial charge in [0.25, 0.3) is 0 Å². The maximum absolute atomic E-state index is 13.4. The number of halogens is 1. The van der Waals surface area contributed by atoms with Crippen molar-refractivity contribution in [3.63, 3.8) is 0 Å². The van der Waals surface area contributed by atoms with Crippen molar-refractivity contribution in [2.24, 2.45) is 0 Å². The number of nitrogens with zero attached hydrogens (tertiary/aromatic N) is 2. The SMILES string of the molecule is O=C(O)N1CCC(c2ncccc2F)CC1.